The Morgan fingerprint density at radius 1 is 1.39 bits per heavy atom. The molecule has 0 bridgehead atoms. The molecule has 1 aliphatic carbocycles. The van der Waals surface area contributed by atoms with Crippen molar-refractivity contribution >= 4 is 34.7 Å². The average Bonchev–Trinajstić information content (AvgIpc) is 3.27. The minimum Gasteiger partial charge on any atom is -0.354 e. The van der Waals surface area contributed by atoms with Crippen LogP contribution < -0.4 is 15.5 Å². The second-order valence-corrected chi connectivity index (χ2v) is 6.41. The van der Waals surface area contributed by atoms with E-state index in [-0.39, 0.29) is 5.91 Å². The smallest absolute Gasteiger partial charge is 0.264 e. The number of benzene rings is 1. The number of carbonyl (C=O) groups excluding carboxylic acids is 1. The van der Waals surface area contributed by atoms with Crippen molar-refractivity contribution in [2.45, 2.75) is 32.0 Å². The predicted octanol–water partition coefficient (Wildman–Crippen LogP) is 3.21. The lowest BCUT2D eigenvalue weighted by molar-refractivity contribution is -0.121. The first-order valence-corrected chi connectivity index (χ1v) is 8.08. The highest BCUT2D eigenvalue weighted by Crippen LogP contribution is 2.39. The Labute approximate surface area is 139 Å². The number of nitrogens with zero attached hydrogens (tertiary/aromatic N) is 2. The summed E-state index contributed by atoms with van der Waals surface area (Å²) in [5.41, 5.74) is 2.72. The third-order valence-electron chi connectivity index (χ3n) is 4.16. The Hall–Kier alpha value is -2.27. The first kappa shape index (κ1) is 14.3. The maximum Gasteiger partial charge on any atom is 0.264 e. The number of anilines is 3. The summed E-state index contributed by atoms with van der Waals surface area (Å²) >= 11 is 6.13. The van der Waals surface area contributed by atoms with Gasteiger partial charge in [-0.2, -0.15) is 0 Å². The lowest BCUT2D eigenvalue weighted by Crippen LogP contribution is -2.47. The van der Waals surface area contributed by atoms with E-state index in [0.29, 0.717) is 11.1 Å². The summed E-state index contributed by atoms with van der Waals surface area (Å²) in [5, 5.41) is 7.04. The molecule has 1 aliphatic heterocycles. The normalized spacial score (nSPS) is 19.2. The molecule has 1 aromatic carbocycles. The van der Waals surface area contributed by atoms with Crippen LogP contribution in [0.5, 0.6) is 0 Å². The van der Waals surface area contributed by atoms with Crippen molar-refractivity contribution in [2.75, 3.05) is 10.2 Å². The average molecular weight is 329 g/mol. The molecule has 118 valence electrons. The van der Waals surface area contributed by atoms with Crippen LogP contribution in [0.1, 0.15) is 18.4 Å². The zero-order chi connectivity index (χ0) is 16.0. The lowest BCUT2D eigenvalue weighted by atomic mass is 10.2. The summed E-state index contributed by atoms with van der Waals surface area (Å²) in [6.07, 6.45) is 3.35. The molecule has 0 saturated heterocycles. The van der Waals surface area contributed by atoms with E-state index in [4.69, 9.17) is 11.6 Å². The molecule has 2 aliphatic rings. The predicted molar refractivity (Wildman–Crippen MR) is 91.1 cm³/mol. The van der Waals surface area contributed by atoms with Crippen LogP contribution in [0.25, 0.3) is 0 Å². The van der Waals surface area contributed by atoms with Gasteiger partial charge in [-0.05, 0) is 55.7 Å². The molecule has 0 radical (unpaired) electrons. The number of aryl methyl sites for hydroxylation is 1. The maximum absolute atomic E-state index is 12.6. The van der Waals surface area contributed by atoms with Crippen molar-refractivity contribution in [3.63, 3.8) is 0 Å². The van der Waals surface area contributed by atoms with Gasteiger partial charge in [0, 0.05) is 22.9 Å². The summed E-state index contributed by atoms with van der Waals surface area (Å²) in [6, 6.07) is 9.85. The Kier molecular flexibility index (Phi) is 3.38. The number of carbonyl (C=O) groups is 1. The van der Waals surface area contributed by atoms with Crippen LogP contribution in [-0.2, 0) is 4.79 Å². The molecule has 2 aromatic rings. The first-order valence-electron chi connectivity index (χ1n) is 7.71. The van der Waals surface area contributed by atoms with Crippen molar-refractivity contribution in [3.05, 3.63) is 47.1 Å². The van der Waals surface area contributed by atoms with E-state index in [1.807, 2.05) is 42.2 Å². The molecule has 4 rings (SSSR count). The molecule has 1 fully saturated rings. The van der Waals surface area contributed by atoms with Gasteiger partial charge < -0.3 is 10.6 Å². The molecule has 1 amide bonds. The monoisotopic (exact) mass is 328 g/mol. The van der Waals surface area contributed by atoms with Crippen molar-refractivity contribution in [2.24, 2.45) is 0 Å². The molecule has 1 unspecified atom stereocenters. The van der Waals surface area contributed by atoms with Gasteiger partial charge in [-0.3, -0.25) is 9.69 Å². The number of rotatable bonds is 3. The molecule has 1 saturated carbocycles. The summed E-state index contributed by atoms with van der Waals surface area (Å²) in [5.74, 6) is 0.725. The third-order valence-corrected chi connectivity index (χ3v) is 4.58. The second-order valence-electron chi connectivity index (χ2n) is 6.01. The molecule has 5 nitrogen and oxygen atoms in total. The molecule has 2 heterocycles. The topological polar surface area (TPSA) is 57.3 Å². The van der Waals surface area contributed by atoms with Gasteiger partial charge in [-0.15, -0.1) is 0 Å². The van der Waals surface area contributed by atoms with Crippen molar-refractivity contribution < 1.29 is 4.79 Å². The van der Waals surface area contributed by atoms with Crippen LogP contribution in [0, 0.1) is 6.92 Å². The first-order chi connectivity index (χ1) is 11.1. The highest BCUT2D eigenvalue weighted by atomic mass is 35.5. The van der Waals surface area contributed by atoms with Gasteiger partial charge in [-0.1, -0.05) is 11.6 Å². The van der Waals surface area contributed by atoms with Crippen molar-refractivity contribution in [1.82, 2.24) is 10.3 Å². The van der Waals surface area contributed by atoms with Gasteiger partial charge >= 0.3 is 0 Å². The van der Waals surface area contributed by atoms with E-state index in [9.17, 15) is 4.79 Å². The van der Waals surface area contributed by atoms with Crippen LogP contribution in [0.3, 0.4) is 0 Å². The van der Waals surface area contributed by atoms with Crippen LogP contribution in [-0.4, -0.2) is 23.1 Å². The van der Waals surface area contributed by atoms with Crippen LogP contribution in [0.4, 0.5) is 17.2 Å². The fourth-order valence-corrected chi connectivity index (χ4v) is 2.89. The standard InChI is InChI=1S/C17H17ClN4O/c1-10-9-12(6-7-13(10)18)22-15-14(3-2-8-19-15)21-16(22)17(23)20-11-4-5-11/h2-3,6-9,11,16,21H,4-5H2,1H3,(H,20,23). The number of halogens is 1. The van der Waals surface area contributed by atoms with Crippen LogP contribution in [0.2, 0.25) is 5.02 Å². The number of aromatic nitrogens is 1. The molecule has 1 aromatic heterocycles. The molecule has 23 heavy (non-hydrogen) atoms. The number of hydrogen-bond acceptors (Lipinski definition) is 4. The largest absolute Gasteiger partial charge is 0.354 e. The van der Waals surface area contributed by atoms with Gasteiger partial charge in [0.2, 0.25) is 0 Å². The van der Waals surface area contributed by atoms with Gasteiger partial charge in [0.25, 0.3) is 5.91 Å². The van der Waals surface area contributed by atoms with E-state index in [1.165, 1.54) is 0 Å². The van der Waals surface area contributed by atoms with E-state index in [2.05, 4.69) is 15.6 Å². The third kappa shape index (κ3) is 2.61. The van der Waals surface area contributed by atoms with Crippen molar-refractivity contribution in [3.8, 4) is 0 Å². The summed E-state index contributed by atoms with van der Waals surface area (Å²) in [6.45, 7) is 1.95. The Balaban J connectivity index is 1.73. The molecule has 6 heteroatoms. The van der Waals surface area contributed by atoms with Gasteiger partial charge in [0.15, 0.2) is 12.0 Å². The fraction of sp³-hybridized carbons (Fsp3) is 0.294. The van der Waals surface area contributed by atoms with Crippen LogP contribution >= 0.6 is 11.6 Å². The summed E-state index contributed by atoms with van der Waals surface area (Å²) in [7, 11) is 0. The Morgan fingerprint density at radius 3 is 2.96 bits per heavy atom. The highest BCUT2D eigenvalue weighted by Gasteiger charge is 2.38. The van der Waals surface area contributed by atoms with Crippen molar-refractivity contribution in [1.29, 1.82) is 0 Å². The molecule has 1 atom stereocenters. The number of amides is 1. The van der Waals surface area contributed by atoms with E-state index >= 15 is 0 Å². The van der Waals surface area contributed by atoms with E-state index in [0.717, 1.165) is 35.6 Å². The molecule has 2 N–H and O–H groups in total. The van der Waals surface area contributed by atoms with Gasteiger partial charge in [0.1, 0.15) is 0 Å². The SMILES string of the molecule is Cc1cc(N2c3ncccc3NC2C(=O)NC2CC2)ccc1Cl. The lowest BCUT2D eigenvalue weighted by Gasteiger charge is -2.25. The van der Waals surface area contributed by atoms with Gasteiger partial charge in [0.05, 0.1) is 5.69 Å². The zero-order valence-corrected chi connectivity index (χ0v) is 13.5. The van der Waals surface area contributed by atoms with Crippen LogP contribution in [0.15, 0.2) is 36.5 Å². The molecule has 0 spiro atoms. The highest BCUT2D eigenvalue weighted by molar-refractivity contribution is 6.31. The zero-order valence-electron chi connectivity index (χ0n) is 12.7. The summed E-state index contributed by atoms with van der Waals surface area (Å²) in [4.78, 5) is 19.0. The number of pyridine rings is 1. The van der Waals surface area contributed by atoms with E-state index < -0.39 is 6.17 Å². The maximum atomic E-state index is 12.6. The summed E-state index contributed by atoms with van der Waals surface area (Å²) < 4.78 is 0. The number of hydrogen-bond donors (Lipinski definition) is 2. The number of fused-ring (bicyclic) bond motifs is 1. The Morgan fingerprint density at radius 2 is 2.22 bits per heavy atom. The minimum atomic E-state index is -0.499. The van der Waals surface area contributed by atoms with Gasteiger partial charge in [-0.25, -0.2) is 4.98 Å². The quantitative estimate of drug-likeness (QED) is 0.908. The Bertz CT molecular complexity index is 775. The number of nitrogens with one attached hydrogen (secondary N) is 2. The molecular weight excluding hydrogens is 312 g/mol. The van der Waals surface area contributed by atoms with E-state index in [1.54, 1.807) is 6.20 Å². The minimum absolute atomic E-state index is 0.0295. The second kappa shape index (κ2) is 5.42. The molecular formula is C17H17ClN4O. The fourth-order valence-electron chi connectivity index (χ4n) is 2.78.